The molecule has 1 atom stereocenters. The van der Waals surface area contributed by atoms with E-state index < -0.39 is 11.9 Å². The molecule has 0 spiro atoms. The summed E-state index contributed by atoms with van der Waals surface area (Å²) >= 11 is 0. The zero-order valence-electron chi connectivity index (χ0n) is 12.1. The first-order chi connectivity index (χ1) is 9.59. The van der Waals surface area contributed by atoms with Gasteiger partial charge in [0, 0.05) is 12.1 Å². The molecular weight excluding hydrogens is 257 g/mol. The summed E-state index contributed by atoms with van der Waals surface area (Å²) in [6.45, 7) is 2.78. The van der Waals surface area contributed by atoms with Gasteiger partial charge in [-0.3, -0.25) is 0 Å². The lowest BCUT2D eigenvalue weighted by Gasteiger charge is -2.35. The Hall–Kier alpha value is -1.13. The van der Waals surface area contributed by atoms with Crippen molar-refractivity contribution in [2.24, 2.45) is 0 Å². The molecule has 0 bridgehead atoms. The Morgan fingerprint density at radius 1 is 1.30 bits per heavy atom. The topological polar surface area (TPSA) is 41.5 Å². The molecule has 0 saturated heterocycles. The highest BCUT2D eigenvalue weighted by Crippen LogP contribution is 2.27. The standard InChI is InChI=1S/C16H24FNO2/c1-16(9-5-2-6-10-16)18-11-13(19)12-20-15-8-4-3-7-14(15)17/h3-4,7-8,13,18-19H,2,5-6,9-12H2,1H3. The smallest absolute Gasteiger partial charge is 0.165 e. The van der Waals surface area contributed by atoms with Gasteiger partial charge in [0.25, 0.3) is 0 Å². The van der Waals surface area contributed by atoms with E-state index in [-0.39, 0.29) is 17.9 Å². The van der Waals surface area contributed by atoms with Crippen LogP contribution >= 0.6 is 0 Å². The fraction of sp³-hybridized carbons (Fsp3) is 0.625. The maximum absolute atomic E-state index is 13.4. The average molecular weight is 281 g/mol. The van der Waals surface area contributed by atoms with E-state index >= 15 is 0 Å². The van der Waals surface area contributed by atoms with Crippen molar-refractivity contribution in [1.29, 1.82) is 0 Å². The molecule has 1 aromatic rings. The van der Waals surface area contributed by atoms with Crippen molar-refractivity contribution in [3.05, 3.63) is 30.1 Å². The van der Waals surface area contributed by atoms with Gasteiger partial charge in [0.1, 0.15) is 12.7 Å². The number of rotatable bonds is 6. The Morgan fingerprint density at radius 2 is 2.00 bits per heavy atom. The van der Waals surface area contributed by atoms with E-state index in [2.05, 4.69) is 12.2 Å². The van der Waals surface area contributed by atoms with Gasteiger partial charge in [-0.15, -0.1) is 0 Å². The monoisotopic (exact) mass is 281 g/mol. The molecule has 1 aliphatic carbocycles. The SMILES string of the molecule is CC1(NCC(O)COc2ccccc2F)CCCCC1. The third-order valence-electron chi connectivity index (χ3n) is 3.99. The Kier molecular flexibility index (Phi) is 5.38. The molecule has 0 aromatic heterocycles. The predicted octanol–water partition coefficient (Wildman–Crippen LogP) is 2.88. The van der Waals surface area contributed by atoms with E-state index in [9.17, 15) is 9.50 Å². The van der Waals surface area contributed by atoms with Gasteiger partial charge in [-0.1, -0.05) is 31.4 Å². The van der Waals surface area contributed by atoms with Crippen LogP contribution in [-0.4, -0.2) is 29.9 Å². The molecule has 2 N–H and O–H groups in total. The minimum absolute atomic E-state index is 0.101. The van der Waals surface area contributed by atoms with Gasteiger partial charge in [-0.25, -0.2) is 4.39 Å². The number of β-amino-alcohol motifs (C(OH)–C–C–N with tert-alkyl or cyclic N) is 1. The van der Waals surface area contributed by atoms with Crippen molar-refractivity contribution in [1.82, 2.24) is 5.32 Å². The summed E-state index contributed by atoms with van der Waals surface area (Å²) in [4.78, 5) is 0. The summed E-state index contributed by atoms with van der Waals surface area (Å²) < 4.78 is 18.7. The van der Waals surface area contributed by atoms with E-state index in [1.807, 2.05) is 0 Å². The normalized spacial score (nSPS) is 19.6. The first-order valence-corrected chi connectivity index (χ1v) is 7.39. The zero-order chi connectivity index (χ0) is 14.4. The molecule has 112 valence electrons. The second kappa shape index (κ2) is 7.04. The van der Waals surface area contributed by atoms with Crippen LogP contribution in [0.5, 0.6) is 5.75 Å². The lowest BCUT2D eigenvalue weighted by molar-refractivity contribution is 0.0912. The predicted molar refractivity (Wildman–Crippen MR) is 77.4 cm³/mol. The first-order valence-electron chi connectivity index (χ1n) is 7.39. The molecular formula is C16H24FNO2. The Morgan fingerprint density at radius 3 is 2.70 bits per heavy atom. The number of para-hydroxylation sites is 1. The number of halogens is 1. The molecule has 1 aliphatic rings. The molecule has 2 rings (SSSR count). The van der Waals surface area contributed by atoms with Crippen LogP contribution in [0.1, 0.15) is 39.0 Å². The first kappa shape index (κ1) is 15.3. The second-order valence-corrected chi connectivity index (χ2v) is 5.90. The highest BCUT2D eigenvalue weighted by Gasteiger charge is 2.26. The maximum atomic E-state index is 13.4. The van der Waals surface area contributed by atoms with Crippen LogP contribution < -0.4 is 10.1 Å². The fourth-order valence-corrected chi connectivity index (χ4v) is 2.68. The zero-order valence-corrected chi connectivity index (χ0v) is 12.1. The molecule has 0 radical (unpaired) electrons. The van der Waals surface area contributed by atoms with Crippen molar-refractivity contribution in [2.45, 2.75) is 50.7 Å². The highest BCUT2D eigenvalue weighted by atomic mass is 19.1. The van der Waals surface area contributed by atoms with Gasteiger partial charge in [0.05, 0.1) is 0 Å². The fourth-order valence-electron chi connectivity index (χ4n) is 2.68. The van der Waals surface area contributed by atoms with Crippen molar-refractivity contribution >= 4 is 0 Å². The van der Waals surface area contributed by atoms with E-state index in [1.165, 1.54) is 25.3 Å². The molecule has 4 heteroatoms. The number of nitrogens with one attached hydrogen (secondary N) is 1. The largest absolute Gasteiger partial charge is 0.488 e. The van der Waals surface area contributed by atoms with Crippen LogP contribution in [0.2, 0.25) is 0 Å². The van der Waals surface area contributed by atoms with Crippen molar-refractivity contribution < 1.29 is 14.2 Å². The van der Waals surface area contributed by atoms with Crippen LogP contribution in [0.3, 0.4) is 0 Å². The quantitative estimate of drug-likeness (QED) is 0.842. The third kappa shape index (κ3) is 4.46. The molecule has 20 heavy (non-hydrogen) atoms. The van der Waals surface area contributed by atoms with Crippen LogP contribution in [0.15, 0.2) is 24.3 Å². The number of aliphatic hydroxyl groups excluding tert-OH is 1. The summed E-state index contributed by atoms with van der Waals surface area (Å²) in [5.41, 5.74) is 0.122. The maximum Gasteiger partial charge on any atom is 0.165 e. The van der Waals surface area contributed by atoms with Crippen molar-refractivity contribution in [3.63, 3.8) is 0 Å². The van der Waals surface area contributed by atoms with Crippen LogP contribution in [0.25, 0.3) is 0 Å². The van der Waals surface area contributed by atoms with Crippen molar-refractivity contribution in [2.75, 3.05) is 13.2 Å². The van der Waals surface area contributed by atoms with Crippen molar-refractivity contribution in [3.8, 4) is 5.75 Å². The van der Waals surface area contributed by atoms with E-state index in [4.69, 9.17) is 4.74 Å². The number of hydrogen-bond donors (Lipinski definition) is 2. The summed E-state index contributed by atoms with van der Waals surface area (Å²) in [7, 11) is 0. The minimum Gasteiger partial charge on any atom is -0.488 e. The molecule has 0 heterocycles. The van der Waals surface area contributed by atoms with Crippen LogP contribution in [-0.2, 0) is 0 Å². The molecule has 1 saturated carbocycles. The van der Waals surface area contributed by atoms with Crippen LogP contribution in [0, 0.1) is 5.82 Å². The third-order valence-corrected chi connectivity index (χ3v) is 3.99. The summed E-state index contributed by atoms with van der Waals surface area (Å²) in [5.74, 6) is -0.206. The van der Waals surface area contributed by atoms with Crippen LogP contribution in [0.4, 0.5) is 4.39 Å². The number of hydrogen-bond acceptors (Lipinski definition) is 3. The summed E-state index contributed by atoms with van der Waals surface area (Å²) in [5, 5.41) is 13.4. The Balaban J connectivity index is 1.73. The lowest BCUT2D eigenvalue weighted by Crippen LogP contribution is -2.48. The minimum atomic E-state index is -0.631. The molecule has 0 amide bonds. The molecule has 1 aromatic carbocycles. The Labute approximate surface area is 120 Å². The number of ether oxygens (including phenoxy) is 1. The number of aliphatic hydroxyl groups is 1. The molecule has 1 fully saturated rings. The number of benzene rings is 1. The summed E-state index contributed by atoms with van der Waals surface area (Å²) in [6, 6.07) is 6.25. The second-order valence-electron chi connectivity index (χ2n) is 5.90. The van der Waals surface area contributed by atoms with E-state index in [0.29, 0.717) is 6.54 Å². The van der Waals surface area contributed by atoms with Gasteiger partial charge in [0.2, 0.25) is 0 Å². The van der Waals surface area contributed by atoms with Gasteiger partial charge in [0.15, 0.2) is 11.6 Å². The van der Waals surface area contributed by atoms with E-state index in [0.717, 1.165) is 12.8 Å². The van der Waals surface area contributed by atoms with Gasteiger partial charge >= 0.3 is 0 Å². The molecule has 3 nitrogen and oxygen atoms in total. The Bertz CT molecular complexity index is 419. The average Bonchev–Trinajstić information content (AvgIpc) is 2.45. The summed E-state index contributed by atoms with van der Waals surface area (Å²) in [6.07, 6.45) is 5.45. The molecule has 0 aliphatic heterocycles. The lowest BCUT2D eigenvalue weighted by atomic mass is 9.83. The van der Waals surface area contributed by atoms with Gasteiger partial charge in [-0.05, 0) is 31.9 Å². The highest BCUT2D eigenvalue weighted by molar-refractivity contribution is 5.23. The van der Waals surface area contributed by atoms with Gasteiger partial charge in [-0.2, -0.15) is 0 Å². The molecule has 1 unspecified atom stereocenters. The van der Waals surface area contributed by atoms with E-state index in [1.54, 1.807) is 18.2 Å². The van der Waals surface area contributed by atoms with Gasteiger partial charge < -0.3 is 15.2 Å².